The van der Waals surface area contributed by atoms with Gasteiger partial charge in [0.25, 0.3) is 0 Å². The number of rotatable bonds is 5. The Labute approximate surface area is 144 Å². The first-order valence-corrected chi connectivity index (χ1v) is 7.87. The quantitative estimate of drug-likeness (QED) is 0.647. The normalized spacial score (nSPS) is 10.8. The van der Waals surface area contributed by atoms with Gasteiger partial charge in [-0.25, -0.2) is 0 Å². The van der Waals surface area contributed by atoms with Crippen LogP contribution in [0.25, 0.3) is 5.82 Å². The zero-order valence-electron chi connectivity index (χ0n) is 13.7. The molecule has 3 rings (SSSR count). The second kappa shape index (κ2) is 6.53. The lowest BCUT2D eigenvalue weighted by atomic mass is 10.1. The van der Waals surface area contributed by atoms with Crippen molar-refractivity contribution in [3.63, 3.8) is 0 Å². The molecule has 2 heterocycles. The van der Waals surface area contributed by atoms with Crippen molar-refractivity contribution >= 4 is 17.4 Å². The van der Waals surface area contributed by atoms with Gasteiger partial charge in [-0.3, -0.25) is 9.36 Å². The van der Waals surface area contributed by atoms with Gasteiger partial charge in [-0.05, 0) is 51.1 Å². The van der Waals surface area contributed by atoms with Crippen molar-refractivity contribution < 1.29 is 14.1 Å². The van der Waals surface area contributed by atoms with E-state index in [0.717, 1.165) is 17.1 Å². The minimum atomic E-state index is -0.0930. The van der Waals surface area contributed by atoms with Crippen molar-refractivity contribution in [3.8, 4) is 11.6 Å². The molecule has 0 N–H and O–H groups in total. The molecule has 5 nitrogen and oxygen atoms in total. The van der Waals surface area contributed by atoms with Crippen LogP contribution >= 0.6 is 11.6 Å². The van der Waals surface area contributed by atoms with Gasteiger partial charge < -0.3 is 9.26 Å². The summed E-state index contributed by atoms with van der Waals surface area (Å²) in [6.45, 7) is 5.60. The van der Waals surface area contributed by atoms with Crippen LogP contribution in [0.5, 0.6) is 5.75 Å². The predicted molar refractivity (Wildman–Crippen MR) is 91.3 cm³/mol. The summed E-state index contributed by atoms with van der Waals surface area (Å²) in [5, 5.41) is 4.64. The number of carbonyl (C=O) groups is 1. The fourth-order valence-corrected chi connectivity index (χ4v) is 2.74. The Morgan fingerprint density at radius 3 is 2.54 bits per heavy atom. The molecule has 0 saturated heterocycles. The van der Waals surface area contributed by atoms with Gasteiger partial charge in [0.2, 0.25) is 5.78 Å². The number of aryl methyl sites for hydroxylation is 2. The molecule has 0 amide bonds. The van der Waals surface area contributed by atoms with Crippen molar-refractivity contribution in [2.24, 2.45) is 0 Å². The van der Waals surface area contributed by atoms with Crippen LogP contribution in [-0.2, 0) is 0 Å². The molecular formula is C18H17ClN2O3. The second-order valence-corrected chi connectivity index (χ2v) is 6.02. The number of hydrogen-bond acceptors (Lipinski definition) is 4. The number of Topliss-reactive ketones (excluding diaryl/α,β-unsaturated/α-hetero) is 1. The SMILES string of the molecule is Cc1cc(-n2c(C)cc(C(=O)COc3ccc(Cl)cc3)c2C)no1. The van der Waals surface area contributed by atoms with E-state index in [1.165, 1.54) is 0 Å². The molecule has 0 aliphatic carbocycles. The van der Waals surface area contributed by atoms with Crippen molar-refractivity contribution in [1.82, 2.24) is 9.72 Å². The van der Waals surface area contributed by atoms with E-state index in [-0.39, 0.29) is 12.4 Å². The number of hydrogen-bond donors (Lipinski definition) is 0. The smallest absolute Gasteiger partial charge is 0.202 e. The molecule has 0 saturated carbocycles. The fourth-order valence-electron chi connectivity index (χ4n) is 2.61. The summed E-state index contributed by atoms with van der Waals surface area (Å²) in [4.78, 5) is 12.5. The van der Waals surface area contributed by atoms with Gasteiger partial charge in [-0.2, -0.15) is 0 Å². The highest BCUT2D eigenvalue weighted by molar-refractivity contribution is 6.30. The van der Waals surface area contributed by atoms with Gasteiger partial charge in [0, 0.05) is 28.0 Å². The van der Waals surface area contributed by atoms with Gasteiger partial charge in [0.05, 0.1) is 0 Å². The van der Waals surface area contributed by atoms with Gasteiger partial charge in [-0.1, -0.05) is 16.8 Å². The van der Waals surface area contributed by atoms with E-state index in [1.807, 2.05) is 37.5 Å². The number of carbonyl (C=O) groups excluding carboxylic acids is 1. The van der Waals surface area contributed by atoms with Crippen LogP contribution in [0, 0.1) is 20.8 Å². The van der Waals surface area contributed by atoms with Crippen LogP contribution < -0.4 is 4.74 Å². The minimum Gasteiger partial charge on any atom is -0.485 e. The molecule has 0 aliphatic rings. The van der Waals surface area contributed by atoms with Gasteiger partial charge >= 0.3 is 0 Å². The molecule has 2 aromatic heterocycles. The highest BCUT2D eigenvalue weighted by Crippen LogP contribution is 2.22. The molecule has 124 valence electrons. The Kier molecular flexibility index (Phi) is 4.44. The fraction of sp³-hybridized carbons (Fsp3) is 0.222. The maximum Gasteiger partial charge on any atom is 0.202 e. The summed E-state index contributed by atoms with van der Waals surface area (Å²) in [7, 11) is 0. The molecule has 1 aromatic carbocycles. The van der Waals surface area contributed by atoms with E-state index in [2.05, 4.69) is 5.16 Å². The third-order valence-electron chi connectivity index (χ3n) is 3.76. The molecule has 0 spiro atoms. The largest absolute Gasteiger partial charge is 0.485 e. The summed E-state index contributed by atoms with van der Waals surface area (Å²) in [6, 6.07) is 10.6. The number of nitrogens with zero attached hydrogens (tertiary/aromatic N) is 2. The highest BCUT2D eigenvalue weighted by atomic mass is 35.5. The average molecular weight is 345 g/mol. The van der Waals surface area contributed by atoms with Crippen LogP contribution in [0.3, 0.4) is 0 Å². The molecule has 0 radical (unpaired) electrons. The van der Waals surface area contributed by atoms with Gasteiger partial charge in [0.15, 0.2) is 12.4 Å². The number of ether oxygens (including phenoxy) is 1. The zero-order valence-corrected chi connectivity index (χ0v) is 14.4. The lowest BCUT2D eigenvalue weighted by Crippen LogP contribution is -2.12. The van der Waals surface area contributed by atoms with E-state index in [4.69, 9.17) is 20.9 Å². The molecule has 3 aromatic rings. The van der Waals surface area contributed by atoms with Crippen molar-refractivity contribution in [2.45, 2.75) is 20.8 Å². The van der Waals surface area contributed by atoms with Crippen LogP contribution in [0.4, 0.5) is 0 Å². The summed E-state index contributed by atoms with van der Waals surface area (Å²) >= 11 is 5.83. The van der Waals surface area contributed by atoms with E-state index in [0.29, 0.717) is 22.2 Å². The lowest BCUT2D eigenvalue weighted by Gasteiger charge is -2.07. The molecule has 0 atom stereocenters. The van der Waals surface area contributed by atoms with E-state index < -0.39 is 0 Å². The first kappa shape index (κ1) is 16.3. The summed E-state index contributed by atoms with van der Waals surface area (Å²) < 4.78 is 12.6. The lowest BCUT2D eigenvalue weighted by molar-refractivity contribution is 0.0921. The number of aromatic nitrogens is 2. The van der Waals surface area contributed by atoms with Crippen LogP contribution in [0.15, 0.2) is 40.9 Å². The summed E-state index contributed by atoms with van der Waals surface area (Å²) in [5.41, 5.74) is 2.34. The number of ketones is 1. The second-order valence-electron chi connectivity index (χ2n) is 5.58. The van der Waals surface area contributed by atoms with Crippen molar-refractivity contribution in [1.29, 1.82) is 0 Å². The summed E-state index contributed by atoms with van der Waals surface area (Å²) in [5.74, 6) is 1.90. The highest BCUT2D eigenvalue weighted by Gasteiger charge is 2.18. The Balaban J connectivity index is 1.79. The third-order valence-corrected chi connectivity index (χ3v) is 4.01. The predicted octanol–water partition coefficient (Wildman–Crippen LogP) is 4.31. The molecule has 6 heteroatoms. The van der Waals surface area contributed by atoms with E-state index >= 15 is 0 Å². The minimum absolute atomic E-state index is 0.0379. The van der Waals surface area contributed by atoms with Crippen LogP contribution in [-0.4, -0.2) is 22.1 Å². The molecule has 0 fully saturated rings. The van der Waals surface area contributed by atoms with Crippen LogP contribution in [0.1, 0.15) is 27.5 Å². The first-order chi connectivity index (χ1) is 11.5. The average Bonchev–Trinajstić information content (AvgIpc) is 3.09. The van der Waals surface area contributed by atoms with Crippen molar-refractivity contribution in [3.05, 3.63) is 64.1 Å². The zero-order chi connectivity index (χ0) is 17.3. The van der Waals surface area contributed by atoms with Gasteiger partial charge in [0.1, 0.15) is 11.5 Å². The third kappa shape index (κ3) is 3.21. The topological polar surface area (TPSA) is 57.3 Å². The number of halogens is 1. The molecule has 0 bridgehead atoms. The Morgan fingerprint density at radius 2 is 1.92 bits per heavy atom. The summed E-state index contributed by atoms with van der Waals surface area (Å²) in [6.07, 6.45) is 0. The Hall–Kier alpha value is -2.53. The molecule has 0 aliphatic heterocycles. The molecule has 24 heavy (non-hydrogen) atoms. The maximum atomic E-state index is 12.5. The standard InChI is InChI=1S/C18H17ClN2O3/c1-11-8-16(13(3)21(11)18-9-12(2)24-20-18)17(22)10-23-15-6-4-14(19)5-7-15/h4-9H,10H2,1-3H3. The van der Waals surface area contributed by atoms with Gasteiger partial charge in [-0.15, -0.1) is 0 Å². The Morgan fingerprint density at radius 1 is 1.21 bits per heavy atom. The van der Waals surface area contributed by atoms with Crippen LogP contribution in [0.2, 0.25) is 5.02 Å². The monoisotopic (exact) mass is 344 g/mol. The first-order valence-electron chi connectivity index (χ1n) is 7.50. The maximum absolute atomic E-state index is 12.5. The molecular weight excluding hydrogens is 328 g/mol. The molecule has 0 unspecified atom stereocenters. The number of benzene rings is 1. The Bertz CT molecular complexity index is 878. The van der Waals surface area contributed by atoms with Crippen molar-refractivity contribution in [2.75, 3.05) is 6.61 Å². The van der Waals surface area contributed by atoms with E-state index in [1.54, 1.807) is 24.3 Å². The van der Waals surface area contributed by atoms with E-state index in [9.17, 15) is 4.79 Å².